The van der Waals surface area contributed by atoms with Crippen LogP contribution in [-0.2, 0) is 0 Å². The van der Waals surface area contributed by atoms with Crippen molar-refractivity contribution in [1.29, 1.82) is 0 Å². The highest BCUT2D eigenvalue weighted by molar-refractivity contribution is 4.97. The summed E-state index contributed by atoms with van der Waals surface area (Å²) in [6.45, 7) is 3.10. The van der Waals surface area contributed by atoms with Gasteiger partial charge in [-0.25, -0.2) is 4.39 Å². The number of hydrogen-bond donors (Lipinski definition) is 0. The number of allylic oxidation sites excluding steroid dienone is 2. The van der Waals surface area contributed by atoms with Crippen LogP contribution in [0, 0.1) is 0 Å². The Kier molecular flexibility index (Phi) is 11.1. The third kappa shape index (κ3) is 11.1. The summed E-state index contributed by atoms with van der Waals surface area (Å²) in [5.74, 6) is -3.31. The van der Waals surface area contributed by atoms with Gasteiger partial charge in [0.05, 0.1) is 0 Å². The van der Waals surface area contributed by atoms with Gasteiger partial charge in [-0.2, -0.15) is 8.78 Å². The summed E-state index contributed by atoms with van der Waals surface area (Å²) >= 11 is 0. The number of rotatable bonds is 12. The van der Waals surface area contributed by atoms with E-state index in [9.17, 15) is 13.2 Å². The average Bonchev–Trinajstić information content (AvgIpc) is 2.35. The Bertz CT molecular complexity index is 222. The molecule has 0 spiro atoms. The van der Waals surface area contributed by atoms with Crippen molar-refractivity contribution in [2.75, 3.05) is 0 Å². The van der Waals surface area contributed by atoms with Crippen LogP contribution in [0.5, 0.6) is 0 Å². The largest absolute Gasteiger partial charge is 0.296 e. The molecule has 19 heavy (non-hydrogen) atoms. The summed E-state index contributed by atoms with van der Waals surface area (Å²) in [5.41, 5.74) is 0. The van der Waals surface area contributed by atoms with Gasteiger partial charge in [0, 0.05) is 0 Å². The molecule has 0 aliphatic carbocycles. The molecule has 0 fully saturated rings. The van der Waals surface area contributed by atoms with Gasteiger partial charge in [-0.15, -0.1) is 0 Å². The standard InChI is InChI=1S/C16H29F3/c1-3-4-5-6-7-8-9-10-11-12-13-14-16(18,19)15(2)17/h13-15H,3-12H2,1-2H3. The summed E-state index contributed by atoms with van der Waals surface area (Å²) in [4.78, 5) is 0. The second-order valence-corrected chi connectivity index (χ2v) is 5.31. The minimum absolute atomic E-state index is 0.623. The van der Waals surface area contributed by atoms with Gasteiger partial charge >= 0.3 is 0 Å². The molecule has 0 nitrogen and oxygen atoms in total. The highest BCUT2D eigenvalue weighted by Gasteiger charge is 2.32. The van der Waals surface area contributed by atoms with Crippen molar-refractivity contribution in [3.8, 4) is 0 Å². The molecule has 0 aromatic carbocycles. The van der Waals surface area contributed by atoms with Gasteiger partial charge in [-0.3, -0.25) is 0 Å². The van der Waals surface area contributed by atoms with Crippen molar-refractivity contribution in [2.24, 2.45) is 0 Å². The fraction of sp³-hybridized carbons (Fsp3) is 0.875. The van der Waals surface area contributed by atoms with Crippen LogP contribution in [-0.4, -0.2) is 12.1 Å². The van der Waals surface area contributed by atoms with E-state index < -0.39 is 12.1 Å². The summed E-state index contributed by atoms with van der Waals surface area (Å²) < 4.78 is 38.2. The Morgan fingerprint density at radius 3 is 1.84 bits per heavy atom. The number of hydrogen-bond acceptors (Lipinski definition) is 0. The van der Waals surface area contributed by atoms with E-state index in [2.05, 4.69) is 6.92 Å². The van der Waals surface area contributed by atoms with Crippen LogP contribution in [0.1, 0.15) is 78.1 Å². The van der Waals surface area contributed by atoms with Crippen LogP contribution in [0.4, 0.5) is 13.2 Å². The molecule has 0 rings (SSSR count). The maximum atomic E-state index is 12.9. The zero-order valence-corrected chi connectivity index (χ0v) is 12.4. The van der Waals surface area contributed by atoms with Gasteiger partial charge in [0.2, 0.25) is 0 Å². The molecule has 0 aromatic heterocycles. The SMILES string of the molecule is CCCCCCCCCCCC=CC(F)(F)C(C)F. The van der Waals surface area contributed by atoms with E-state index in [0.29, 0.717) is 12.5 Å². The zero-order chi connectivity index (χ0) is 14.6. The van der Waals surface area contributed by atoms with E-state index >= 15 is 0 Å². The molecule has 0 amide bonds. The first kappa shape index (κ1) is 18.5. The van der Waals surface area contributed by atoms with Crippen molar-refractivity contribution >= 4 is 0 Å². The molecule has 0 N–H and O–H groups in total. The fourth-order valence-electron chi connectivity index (χ4n) is 1.95. The lowest BCUT2D eigenvalue weighted by Gasteiger charge is -2.12. The third-order valence-corrected chi connectivity index (χ3v) is 3.34. The molecule has 114 valence electrons. The van der Waals surface area contributed by atoms with Crippen molar-refractivity contribution in [1.82, 2.24) is 0 Å². The Morgan fingerprint density at radius 2 is 1.37 bits per heavy atom. The summed E-state index contributed by atoms with van der Waals surface area (Å²) in [7, 11) is 0. The lowest BCUT2D eigenvalue weighted by molar-refractivity contribution is -0.0189. The Morgan fingerprint density at radius 1 is 0.895 bits per heavy atom. The Labute approximate surface area is 116 Å². The minimum atomic E-state index is -3.31. The van der Waals surface area contributed by atoms with Crippen molar-refractivity contribution in [2.45, 2.75) is 90.1 Å². The van der Waals surface area contributed by atoms with E-state index in [1.165, 1.54) is 51.0 Å². The van der Waals surface area contributed by atoms with Crippen molar-refractivity contribution in [3.05, 3.63) is 12.2 Å². The number of alkyl halides is 3. The molecule has 0 saturated heterocycles. The summed E-state index contributed by atoms with van der Waals surface area (Å²) in [6, 6.07) is 0. The monoisotopic (exact) mass is 278 g/mol. The minimum Gasteiger partial charge on any atom is -0.241 e. The zero-order valence-electron chi connectivity index (χ0n) is 12.4. The van der Waals surface area contributed by atoms with E-state index in [0.717, 1.165) is 19.8 Å². The van der Waals surface area contributed by atoms with Crippen LogP contribution >= 0.6 is 0 Å². The highest BCUT2D eigenvalue weighted by Crippen LogP contribution is 2.23. The van der Waals surface area contributed by atoms with Gasteiger partial charge in [0.15, 0.2) is 6.17 Å². The van der Waals surface area contributed by atoms with Gasteiger partial charge < -0.3 is 0 Å². The van der Waals surface area contributed by atoms with Gasteiger partial charge in [-0.05, 0) is 25.8 Å². The van der Waals surface area contributed by atoms with Crippen LogP contribution < -0.4 is 0 Å². The maximum Gasteiger partial charge on any atom is 0.296 e. The molecule has 1 unspecified atom stereocenters. The van der Waals surface area contributed by atoms with Crippen LogP contribution in [0.3, 0.4) is 0 Å². The molecule has 0 saturated carbocycles. The van der Waals surface area contributed by atoms with E-state index in [1.807, 2.05) is 0 Å². The Hall–Kier alpha value is -0.470. The van der Waals surface area contributed by atoms with E-state index in [4.69, 9.17) is 0 Å². The first-order chi connectivity index (χ1) is 9.00. The second kappa shape index (κ2) is 11.4. The van der Waals surface area contributed by atoms with Gasteiger partial charge in [-0.1, -0.05) is 64.4 Å². The van der Waals surface area contributed by atoms with E-state index in [-0.39, 0.29) is 0 Å². The smallest absolute Gasteiger partial charge is 0.241 e. The molecule has 0 bridgehead atoms. The Balaban J connectivity index is 3.34. The second-order valence-electron chi connectivity index (χ2n) is 5.31. The molecule has 3 heteroatoms. The van der Waals surface area contributed by atoms with Crippen LogP contribution in [0.25, 0.3) is 0 Å². The van der Waals surface area contributed by atoms with Crippen molar-refractivity contribution in [3.63, 3.8) is 0 Å². The molecule has 0 aromatic rings. The third-order valence-electron chi connectivity index (χ3n) is 3.34. The maximum absolute atomic E-state index is 12.9. The number of unbranched alkanes of at least 4 members (excludes halogenated alkanes) is 9. The fourth-order valence-corrected chi connectivity index (χ4v) is 1.95. The topological polar surface area (TPSA) is 0 Å². The summed E-state index contributed by atoms with van der Waals surface area (Å²) in [5, 5.41) is 0. The lowest BCUT2D eigenvalue weighted by Crippen LogP contribution is -2.24. The predicted molar refractivity (Wildman–Crippen MR) is 76.5 cm³/mol. The number of halogens is 3. The van der Waals surface area contributed by atoms with E-state index in [1.54, 1.807) is 0 Å². The molecule has 0 aliphatic heterocycles. The first-order valence-corrected chi connectivity index (χ1v) is 7.70. The quantitative estimate of drug-likeness (QED) is 0.284. The average molecular weight is 278 g/mol. The highest BCUT2D eigenvalue weighted by atomic mass is 19.3. The van der Waals surface area contributed by atoms with Crippen LogP contribution in [0.2, 0.25) is 0 Å². The van der Waals surface area contributed by atoms with Crippen molar-refractivity contribution < 1.29 is 13.2 Å². The normalized spacial score (nSPS) is 14.2. The first-order valence-electron chi connectivity index (χ1n) is 7.70. The molecule has 0 heterocycles. The molecular formula is C16H29F3. The van der Waals surface area contributed by atoms with Gasteiger partial charge in [0.25, 0.3) is 5.92 Å². The predicted octanol–water partition coefficient (Wildman–Crippen LogP) is 6.46. The molecule has 0 radical (unpaired) electrons. The van der Waals surface area contributed by atoms with Gasteiger partial charge in [0.1, 0.15) is 0 Å². The summed E-state index contributed by atoms with van der Waals surface area (Å²) in [6.07, 6.45) is 11.6. The lowest BCUT2D eigenvalue weighted by atomic mass is 10.1. The molecular weight excluding hydrogens is 249 g/mol. The molecule has 1 atom stereocenters. The van der Waals surface area contributed by atoms with Crippen LogP contribution in [0.15, 0.2) is 12.2 Å². The molecule has 0 aliphatic rings.